The molecule has 1 aromatic heterocycles. The fraction of sp³-hybridized carbons (Fsp3) is 0.105. The van der Waals surface area contributed by atoms with Gasteiger partial charge in [0.15, 0.2) is 0 Å². The van der Waals surface area contributed by atoms with Crippen molar-refractivity contribution >= 4 is 0 Å². The Bertz CT molecular complexity index is 822. The van der Waals surface area contributed by atoms with E-state index in [9.17, 15) is 4.79 Å². The first-order valence-corrected chi connectivity index (χ1v) is 7.15. The quantitative estimate of drug-likeness (QED) is 0.736. The summed E-state index contributed by atoms with van der Waals surface area (Å²) in [6.07, 6.45) is 1.89. The molecular formula is C19H17NO2. The largest absolute Gasteiger partial charge is 0.497 e. The number of hydrogen-bond donors (Lipinski definition) is 0. The second-order valence-corrected chi connectivity index (χ2v) is 5.10. The van der Waals surface area contributed by atoms with Gasteiger partial charge in [0.25, 0.3) is 5.56 Å². The highest BCUT2D eigenvalue weighted by molar-refractivity contribution is 5.64. The maximum Gasteiger partial charge on any atom is 0.250 e. The molecule has 0 saturated heterocycles. The van der Waals surface area contributed by atoms with Crippen LogP contribution in [-0.2, 0) is 6.54 Å². The van der Waals surface area contributed by atoms with E-state index in [2.05, 4.69) is 0 Å². The van der Waals surface area contributed by atoms with Crippen molar-refractivity contribution in [3.05, 3.63) is 88.8 Å². The summed E-state index contributed by atoms with van der Waals surface area (Å²) in [6.45, 7) is 0.567. The minimum Gasteiger partial charge on any atom is -0.497 e. The van der Waals surface area contributed by atoms with Crippen molar-refractivity contribution in [3.63, 3.8) is 0 Å². The maximum absolute atomic E-state index is 12.1. The highest BCUT2D eigenvalue weighted by Gasteiger charge is 2.03. The molecule has 0 aliphatic heterocycles. The van der Waals surface area contributed by atoms with E-state index in [4.69, 9.17) is 4.74 Å². The van der Waals surface area contributed by atoms with Crippen LogP contribution in [0.15, 0.2) is 77.7 Å². The van der Waals surface area contributed by atoms with E-state index in [-0.39, 0.29) is 5.56 Å². The molecule has 3 heteroatoms. The number of rotatable bonds is 4. The van der Waals surface area contributed by atoms with Crippen LogP contribution in [0.1, 0.15) is 5.56 Å². The highest BCUT2D eigenvalue weighted by Crippen LogP contribution is 2.22. The summed E-state index contributed by atoms with van der Waals surface area (Å²) < 4.78 is 6.98. The molecule has 0 N–H and O–H groups in total. The summed E-state index contributed by atoms with van der Waals surface area (Å²) in [4.78, 5) is 12.1. The van der Waals surface area contributed by atoms with E-state index in [0.717, 1.165) is 22.4 Å². The van der Waals surface area contributed by atoms with Crippen LogP contribution < -0.4 is 10.3 Å². The average molecular weight is 291 g/mol. The van der Waals surface area contributed by atoms with Gasteiger partial charge in [-0.3, -0.25) is 4.79 Å². The summed E-state index contributed by atoms with van der Waals surface area (Å²) in [5.41, 5.74) is 3.12. The topological polar surface area (TPSA) is 31.2 Å². The van der Waals surface area contributed by atoms with Gasteiger partial charge in [-0.1, -0.05) is 42.5 Å². The van der Waals surface area contributed by atoms with Gasteiger partial charge in [-0.2, -0.15) is 0 Å². The van der Waals surface area contributed by atoms with Crippen LogP contribution in [0.2, 0.25) is 0 Å². The fourth-order valence-corrected chi connectivity index (χ4v) is 2.41. The van der Waals surface area contributed by atoms with Crippen LogP contribution in [0.25, 0.3) is 11.1 Å². The van der Waals surface area contributed by atoms with Gasteiger partial charge in [0.05, 0.1) is 13.7 Å². The number of benzene rings is 2. The molecular weight excluding hydrogens is 274 g/mol. The van der Waals surface area contributed by atoms with Crippen molar-refractivity contribution in [3.8, 4) is 16.9 Å². The van der Waals surface area contributed by atoms with Gasteiger partial charge in [0.2, 0.25) is 0 Å². The molecule has 0 radical (unpaired) electrons. The monoisotopic (exact) mass is 291 g/mol. The summed E-state index contributed by atoms with van der Waals surface area (Å²) in [5.74, 6) is 0.804. The number of methoxy groups -OCH3 is 1. The average Bonchev–Trinajstić information content (AvgIpc) is 2.58. The van der Waals surface area contributed by atoms with Gasteiger partial charge in [0, 0.05) is 12.3 Å². The maximum atomic E-state index is 12.1. The molecule has 3 aromatic rings. The zero-order valence-corrected chi connectivity index (χ0v) is 12.4. The van der Waals surface area contributed by atoms with E-state index in [0.29, 0.717) is 6.54 Å². The normalized spacial score (nSPS) is 10.4. The Labute approximate surface area is 129 Å². The third kappa shape index (κ3) is 3.09. The SMILES string of the molecule is COc1cccc(-c2ccc(=O)n(Cc3ccccc3)c2)c1. The summed E-state index contributed by atoms with van der Waals surface area (Å²) in [6, 6.07) is 21.2. The third-order valence-electron chi connectivity index (χ3n) is 3.58. The Morgan fingerprint density at radius 1 is 0.909 bits per heavy atom. The third-order valence-corrected chi connectivity index (χ3v) is 3.58. The van der Waals surface area contributed by atoms with E-state index < -0.39 is 0 Å². The highest BCUT2D eigenvalue weighted by atomic mass is 16.5. The Morgan fingerprint density at radius 3 is 2.50 bits per heavy atom. The first-order valence-electron chi connectivity index (χ1n) is 7.15. The molecule has 2 aromatic carbocycles. The first kappa shape index (κ1) is 14.1. The van der Waals surface area contributed by atoms with E-state index >= 15 is 0 Å². The van der Waals surface area contributed by atoms with Crippen LogP contribution in [0, 0.1) is 0 Å². The van der Waals surface area contributed by atoms with Crippen LogP contribution in [0.3, 0.4) is 0 Å². The van der Waals surface area contributed by atoms with Crippen molar-refractivity contribution in [2.24, 2.45) is 0 Å². The molecule has 3 rings (SSSR count). The van der Waals surface area contributed by atoms with Gasteiger partial charge in [-0.15, -0.1) is 0 Å². The van der Waals surface area contributed by atoms with Gasteiger partial charge in [0.1, 0.15) is 5.75 Å². The summed E-state index contributed by atoms with van der Waals surface area (Å²) in [5, 5.41) is 0. The number of nitrogens with zero attached hydrogens (tertiary/aromatic N) is 1. The van der Waals surface area contributed by atoms with Crippen molar-refractivity contribution in [1.29, 1.82) is 0 Å². The molecule has 3 nitrogen and oxygen atoms in total. The molecule has 0 unspecified atom stereocenters. The molecule has 0 spiro atoms. The molecule has 0 aliphatic carbocycles. The zero-order chi connectivity index (χ0) is 15.4. The van der Waals surface area contributed by atoms with Gasteiger partial charge in [-0.05, 0) is 34.9 Å². The van der Waals surface area contributed by atoms with Crippen molar-refractivity contribution in [2.75, 3.05) is 7.11 Å². The Kier molecular flexibility index (Phi) is 4.05. The van der Waals surface area contributed by atoms with Crippen molar-refractivity contribution in [1.82, 2.24) is 4.57 Å². The molecule has 1 heterocycles. The van der Waals surface area contributed by atoms with Gasteiger partial charge < -0.3 is 9.30 Å². The van der Waals surface area contributed by atoms with E-state index in [1.54, 1.807) is 17.7 Å². The molecule has 22 heavy (non-hydrogen) atoms. The van der Waals surface area contributed by atoms with Crippen LogP contribution in [0.4, 0.5) is 0 Å². The summed E-state index contributed by atoms with van der Waals surface area (Å²) in [7, 11) is 1.65. The van der Waals surface area contributed by atoms with Crippen LogP contribution in [0.5, 0.6) is 5.75 Å². The predicted molar refractivity (Wildman–Crippen MR) is 88.2 cm³/mol. The lowest BCUT2D eigenvalue weighted by atomic mass is 10.1. The Hall–Kier alpha value is -2.81. The minimum atomic E-state index is -0.00417. The zero-order valence-electron chi connectivity index (χ0n) is 12.4. The lowest BCUT2D eigenvalue weighted by Crippen LogP contribution is -2.19. The molecule has 0 bridgehead atoms. The molecule has 0 fully saturated rings. The first-order chi connectivity index (χ1) is 10.8. The molecule has 0 amide bonds. The molecule has 0 atom stereocenters. The van der Waals surface area contributed by atoms with Gasteiger partial charge in [-0.25, -0.2) is 0 Å². The Balaban J connectivity index is 1.97. The Morgan fingerprint density at radius 2 is 1.73 bits per heavy atom. The predicted octanol–water partition coefficient (Wildman–Crippen LogP) is 3.57. The van der Waals surface area contributed by atoms with E-state index in [1.807, 2.05) is 66.9 Å². The van der Waals surface area contributed by atoms with Crippen molar-refractivity contribution in [2.45, 2.75) is 6.54 Å². The van der Waals surface area contributed by atoms with Crippen LogP contribution in [-0.4, -0.2) is 11.7 Å². The fourth-order valence-electron chi connectivity index (χ4n) is 2.41. The number of hydrogen-bond acceptors (Lipinski definition) is 2. The second kappa shape index (κ2) is 6.31. The number of pyridine rings is 1. The lowest BCUT2D eigenvalue weighted by Gasteiger charge is -2.09. The smallest absolute Gasteiger partial charge is 0.250 e. The van der Waals surface area contributed by atoms with Gasteiger partial charge >= 0.3 is 0 Å². The standard InChI is InChI=1S/C19H17NO2/c1-22-18-9-5-8-16(12-18)17-10-11-19(21)20(14-17)13-15-6-3-2-4-7-15/h2-12,14H,13H2,1H3. The lowest BCUT2D eigenvalue weighted by molar-refractivity contribution is 0.415. The number of ether oxygens (including phenoxy) is 1. The molecule has 110 valence electrons. The second-order valence-electron chi connectivity index (χ2n) is 5.10. The number of aromatic nitrogens is 1. The minimum absolute atomic E-state index is 0.00417. The summed E-state index contributed by atoms with van der Waals surface area (Å²) >= 11 is 0. The van der Waals surface area contributed by atoms with Crippen LogP contribution >= 0.6 is 0 Å². The van der Waals surface area contributed by atoms with E-state index in [1.165, 1.54) is 0 Å². The van der Waals surface area contributed by atoms with Crippen molar-refractivity contribution < 1.29 is 4.74 Å². The molecule has 0 aliphatic rings. The molecule has 0 saturated carbocycles.